The van der Waals surface area contributed by atoms with Crippen LogP contribution >= 0.6 is 11.3 Å². The van der Waals surface area contributed by atoms with E-state index in [2.05, 4.69) is 0 Å². The average molecular weight is 391 g/mol. The number of nitrogens with zero attached hydrogens (tertiary/aromatic N) is 1. The lowest BCUT2D eigenvalue weighted by Gasteiger charge is -2.35. The Labute approximate surface area is 161 Å². The van der Waals surface area contributed by atoms with Gasteiger partial charge in [0.25, 0.3) is 0 Å². The lowest BCUT2D eigenvalue weighted by Crippen LogP contribution is -2.43. The number of hydrogen-bond acceptors (Lipinski definition) is 4. The van der Waals surface area contributed by atoms with Crippen LogP contribution in [0.1, 0.15) is 48.7 Å². The number of rotatable bonds is 5. The molecular formula is C20H22FNO4S. The number of halogens is 1. The molecule has 1 fully saturated rings. The van der Waals surface area contributed by atoms with E-state index in [1.807, 2.05) is 0 Å². The number of amides is 1. The number of carboxylic acid groups (broad SMARTS) is 1. The van der Waals surface area contributed by atoms with Crippen LogP contribution in [0.5, 0.6) is 0 Å². The highest BCUT2D eigenvalue weighted by Gasteiger charge is 2.32. The van der Waals surface area contributed by atoms with Crippen molar-refractivity contribution in [2.75, 3.05) is 4.90 Å². The highest BCUT2D eigenvalue weighted by Crippen LogP contribution is 2.40. The fourth-order valence-corrected chi connectivity index (χ4v) is 4.48. The maximum Gasteiger partial charge on any atom is 0.348 e. The molecule has 144 valence electrons. The molecule has 0 spiro atoms. The Morgan fingerprint density at radius 1 is 1.19 bits per heavy atom. The summed E-state index contributed by atoms with van der Waals surface area (Å²) in [5.41, 5.74) is 1.10. The third-order valence-electron chi connectivity index (χ3n) is 4.90. The van der Waals surface area contributed by atoms with E-state index in [0.717, 1.165) is 11.3 Å². The maximum atomic E-state index is 13.2. The number of hydrogen-bond donors (Lipinski definition) is 2. The smallest absolute Gasteiger partial charge is 0.348 e. The van der Waals surface area contributed by atoms with Gasteiger partial charge in [0, 0.05) is 17.3 Å². The molecule has 1 aromatic heterocycles. The van der Waals surface area contributed by atoms with Crippen LogP contribution in [0.4, 0.5) is 10.1 Å². The van der Waals surface area contributed by atoms with E-state index in [-0.39, 0.29) is 35.2 Å². The van der Waals surface area contributed by atoms with Crippen molar-refractivity contribution in [3.63, 3.8) is 0 Å². The number of carboxylic acids is 1. The molecule has 2 aromatic rings. The van der Waals surface area contributed by atoms with Crippen molar-refractivity contribution in [3.8, 4) is 10.4 Å². The second-order valence-corrected chi connectivity index (χ2v) is 7.77. The second kappa shape index (κ2) is 8.19. The van der Waals surface area contributed by atoms with Gasteiger partial charge in [-0.1, -0.05) is 19.1 Å². The first kappa shape index (κ1) is 19.5. The number of aliphatic hydroxyl groups excluding tert-OH is 1. The lowest BCUT2D eigenvalue weighted by atomic mass is 9.91. The van der Waals surface area contributed by atoms with Gasteiger partial charge in [-0.2, -0.15) is 0 Å². The summed E-state index contributed by atoms with van der Waals surface area (Å²) in [6, 6.07) is 7.42. The number of aliphatic hydroxyl groups is 1. The molecule has 3 rings (SSSR count). The molecule has 0 saturated heterocycles. The van der Waals surface area contributed by atoms with Gasteiger partial charge in [0.15, 0.2) is 0 Å². The van der Waals surface area contributed by atoms with Crippen LogP contribution in [-0.2, 0) is 4.79 Å². The molecule has 1 aliphatic rings. The van der Waals surface area contributed by atoms with Gasteiger partial charge in [-0.3, -0.25) is 4.79 Å². The highest BCUT2D eigenvalue weighted by atomic mass is 32.1. The molecule has 0 atom stereocenters. The van der Waals surface area contributed by atoms with Crippen LogP contribution in [0.15, 0.2) is 30.3 Å². The summed E-state index contributed by atoms with van der Waals surface area (Å²) < 4.78 is 13.2. The van der Waals surface area contributed by atoms with E-state index in [4.69, 9.17) is 0 Å². The summed E-state index contributed by atoms with van der Waals surface area (Å²) in [5.74, 6) is -1.59. The molecular weight excluding hydrogens is 369 g/mol. The predicted octanol–water partition coefficient (Wildman–Crippen LogP) is 4.30. The van der Waals surface area contributed by atoms with Crippen LogP contribution in [0.2, 0.25) is 0 Å². The topological polar surface area (TPSA) is 77.8 Å². The molecule has 1 amide bonds. The van der Waals surface area contributed by atoms with E-state index in [9.17, 15) is 24.2 Å². The molecule has 1 aromatic carbocycles. The number of carbonyl (C=O) groups is 2. The summed E-state index contributed by atoms with van der Waals surface area (Å²) in [4.78, 5) is 26.9. The Morgan fingerprint density at radius 2 is 1.81 bits per heavy atom. The van der Waals surface area contributed by atoms with Gasteiger partial charge >= 0.3 is 5.97 Å². The molecule has 0 aliphatic heterocycles. The predicted molar refractivity (Wildman–Crippen MR) is 103 cm³/mol. The van der Waals surface area contributed by atoms with Crippen molar-refractivity contribution in [3.05, 3.63) is 41.0 Å². The Bertz CT molecular complexity index is 825. The molecule has 1 aliphatic carbocycles. The number of carbonyl (C=O) groups excluding carboxylic acids is 1. The van der Waals surface area contributed by atoms with E-state index < -0.39 is 5.97 Å². The van der Waals surface area contributed by atoms with E-state index in [1.165, 1.54) is 12.1 Å². The normalized spacial score (nSPS) is 19.7. The standard InChI is InChI=1S/C20H22FNO4S/c1-2-18(24)22(14-7-9-15(23)10-8-14)16-11-17(27-19(16)20(25)26)12-3-5-13(21)6-4-12/h3-6,11,14-15,23H,2,7-10H2,1H3,(H,25,26). The van der Waals surface area contributed by atoms with Crippen LogP contribution in [0.25, 0.3) is 10.4 Å². The Hall–Kier alpha value is -2.25. The van der Waals surface area contributed by atoms with Crippen molar-refractivity contribution in [1.82, 2.24) is 0 Å². The summed E-state index contributed by atoms with van der Waals surface area (Å²) in [5, 5.41) is 19.5. The first-order chi connectivity index (χ1) is 12.9. The molecule has 0 radical (unpaired) electrons. The molecule has 5 nitrogen and oxygen atoms in total. The minimum atomic E-state index is -1.09. The van der Waals surface area contributed by atoms with E-state index in [1.54, 1.807) is 30.0 Å². The molecule has 7 heteroatoms. The highest BCUT2D eigenvalue weighted by molar-refractivity contribution is 7.18. The summed E-state index contributed by atoms with van der Waals surface area (Å²) in [6.07, 6.45) is 2.35. The van der Waals surface area contributed by atoms with Gasteiger partial charge in [-0.25, -0.2) is 9.18 Å². The zero-order valence-electron chi connectivity index (χ0n) is 15.0. The van der Waals surface area contributed by atoms with Crippen LogP contribution in [-0.4, -0.2) is 34.2 Å². The fraction of sp³-hybridized carbons (Fsp3) is 0.400. The molecule has 0 bridgehead atoms. The maximum absolute atomic E-state index is 13.2. The van der Waals surface area contributed by atoms with E-state index >= 15 is 0 Å². The number of thiophene rings is 1. The molecule has 1 saturated carbocycles. The van der Waals surface area contributed by atoms with Crippen molar-refractivity contribution < 1.29 is 24.2 Å². The average Bonchev–Trinajstić information content (AvgIpc) is 3.09. The summed E-state index contributed by atoms with van der Waals surface area (Å²) in [6.45, 7) is 1.75. The Balaban J connectivity index is 2.03. The Kier molecular flexibility index (Phi) is 5.92. The van der Waals surface area contributed by atoms with Gasteiger partial charge in [0.1, 0.15) is 10.7 Å². The van der Waals surface area contributed by atoms with Crippen LogP contribution in [0.3, 0.4) is 0 Å². The number of benzene rings is 1. The largest absolute Gasteiger partial charge is 0.477 e. The number of anilines is 1. The van der Waals surface area contributed by atoms with Crippen molar-refractivity contribution in [2.24, 2.45) is 0 Å². The van der Waals surface area contributed by atoms with Gasteiger partial charge in [0.05, 0.1) is 11.8 Å². The van der Waals surface area contributed by atoms with Crippen molar-refractivity contribution >= 4 is 28.9 Å². The summed E-state index contributed by atoms with van der Waals surface area (Å²) in [7, 11) is 0. The quantitative estimate of drug-likeness (QED) is 0.797. The molecule has 2 N–H and O–H groups in total. The monoisotopic (exact) mass is 391 g/mol. The van der Waals surface area contributed by atoms with Crippen molar-refractivity contribution in [1.29, 1.82) is 0 Å². The first-order valence-electron chi connectivity index (χ1n) is 9.04. The fourth-order valence-electron chi connectivity index (χ4n) is 3.49. The second-order valence-electron chi connectivity index (χ2n) is 6.72. The zero-order chi connectivity index (χ0) is 19.6. The minimum Gasteiger partial charge on any atom is -0.477 e. The van der Waals surface area contributed by atoms with Gasteiger partial charge in [0.2, 0.25) is 5.91 Å². The first-order valence-corrected chi connectivity index (χ1v) is 9.85. The Morgan fingerprint density at radius 3 is 2.37 bits per heavy atom. The van der Waals surface area contributed by atoms with Crippen molar-refractivity contribution in [2.45, 2.75) is 51.2 Å². The SMILES string of the molecule is CCC(=O)N(c1cc(-c2ccc(F)cc2)sc1C(=O)O)C1CCC(O)CC1. The summed E-state index contributed by atoms with van der Waals surface area (Å²) >= 11 is 1.08. The van der Waals surface area contributed by atoms with E-state index in [0.29, 0.717) is 41.8 Å². The number of aromatic carboxylic acids is 1. The third-order valence-corrected chi connectivity index (χ3v) is 6.06. The molecule has 1 heterocycles. The minimum absolute atomic E-state index is 0.0993. The van der Waals surface area contributed by atoms with Crippen LogP contribution in [0, 0.1) is 5.82 Å². The van der Waals surface area contributed by atoms with Gasteiger partial charge in [-0.05, 0) is 49.4 Å². The molecule has 0 unspecified atom stereocenters. The van der Waals surface area contributed by atoms with Crippen LogP contribution < -0.4 is 4.90 Å². The zero-order valence-corrected chi connectivity index (χ0v) is 15.8. The lowest BCUT2D eigenvalue weighted by molar-refractivity contribution is -0.119. The third kappa shape index (κ3) is 4.20. The van der Waals surface area contributed by atoms with Gasteiger partial charge in [-0.15, -0.1) is 11.3 Å². The van der Waals surface area contributed by atoms with Gasteiger partial charge < -0.3 is 15.1 Å². The molecule has 27 heavy (non-hydrogen) atoms.